The number of piperidine rings is 1. The Morgan fingerprint density at radius 3 is 2.49 bits per heavy atom. The van der Waals surface area contributed by atoms with Gasteiger partial charge in [0.1, 0.15) is 17.1 Å². The van der Waals surface area contributed by atoms with E-state index in [0.29, 0.717) is 24.0 Å². The summed E-state index contributed by atoms with van der Waals surface area (Å²) in [5.74, 6) is 2.68. The van der Waals surface area contributed by atoms with E-state index in [9.17, 15) is 4.79 Å². The van der Waals surface area contributed by atoms with Crippen molar-refractivity contribution < 1.29 is 19.0 Å². The van der Waals surface area contributed by atoms with Crippen LogP contribution in [0.5, 0.6) is 11.5 Å². The molecule has 0 aromatic heterocycles. The fourth-order valence-electron chi connectivity index (χ4n) is 7.07. The van der Waals surface area contributed by atoms with Crippen LogP contribution < -0.4 is 9.47 Å². The first-order valence-electron chi connectivity index (χ1n) is 15.7. The topological polar surface area (TPSA) is 51.2 Å². The molecule has 1 unspecified atom stereocenters. The molecule has 2 saturated heterocycles. The standard InChI is InChI=1S/C33H50N2O4.2ClH/c1-5-6-7-9-24(2)11-12-25-22-27(38-29(36)10-8-15-34-18-20-37-21-19-34)31-28(23-25)39-33(3,4)32-30(31)26-13-16-35(32)17-14-26;;/h22-24,26H,5-21H2,1-4H3;2*1H. The van der Waals surface area contributed by atoms with Gasteiger partial charge in [-0.3, -0.25) is 9.69 Å². The summed E-state index contributed by atoms with van der Waals surface area (Å²) in [5.41, 5.74) is 4.55. The maximum atomic E-state index is 13.2. The molecule has 1 atom stereocenters. The van der Waals surface area contributed by atoms with Crippen LogP contribution in [0, 0.1) is 11.8 Å². The number of fused-ring (bicyclic) bond motifs is 3. The van der Waals surface area contributed by atoms with Crippen molar-refractivity contribution in [2.75, 3.05) is 45.9 Å². The lowest BCUT2D eigenvalue weighted by Crippen LogP contribution is -2.51. The molecule has 0 radical (unpaired) electrons. The summed E-state index contributed by atoms with van der Waals surface area (Å²) >= 11 is 0. The molecule has 6 rings (SSSR count). The zero-order valence-corrected chi connectivity index (χ0v) is 27.3. The van der Waals surface area contributed by atoms with Crippen molar-refractivity contribution in [2.24, 2.45) is 11.8 Å². The van der Waals surface area contributed by atoms with Gasteiger partial charge in [-0.15, -0.1) is 24.8 Å². The number of ether oxygens (including phenoxy) is 3. The first-order valence-corrected chi connectivity index (χ1v) is 15.7. The third-order valence-electron chi connectivity index (χ3n) is 9.21. The summed E-state index contributed by atoms with van der Waals surface area (Å²) < 4.78 is 18.4. The van der Waals surface area contributed by atoms with Gasteiger partial charge in [0.2, 0.25) is 0 Å². The highest BCUT2D eigenvalue weighted by Gasteiger charge is 2.46. The minimum Gasteiger partial charge on any atom is -0.481 e. The fraction of sp³-hybridized carbons (Fsp3) is 0.727. The van der Waals surface area contributed by atoms with Gasteiger partial charge >= 0.3 is 5.97 Å². The summed E-state index contributed by atoms with van der Waals surface area (Å²) in [6.07, 6.45) is 10.9. The van der Waals surface area contributed by atoms with E-state index in [4.69, 9.17) is 14.2 Å². The summed E-state index contributed by atoms with van der Waals surface area (Å²) in [4.78, 5) is 18.1. The van der Waals surface area contributed by atoms with Crippen LogP contribution in [0.3, 0.4) is 0 Å². The molecule has 6 nitrogen and oxygen atoms in total. The van der Waals surface area contributed by atoms with Gasteiger partial charge in [-0.1, -0.05) is 39.5 Å². The Kier molecular flexibility index (Phi) is 12.7. The molecule has 2 fully saturated rings. The number of halogens is 2. The van der Waals surface area contributed by atoms with E-state index in [-0.39, 0.29) is 36.4 Å². The van der Waals surface area contributed by atoms with Gasteiger partial charge in [-0.25, -0.2) is 0 Å². The quantitative estimate of drug-likeness (QED) is 0.140. The normalized spacial score (nSPS) is 20.3. The zero-order chi connectivity index (χ0) is 27.4. The van der Waals surface area contributed by atoms with Gasteiger partial charge in [0.05, 0.1) is 24.5 Å². The smallest absolute Gasteiger partial charge is 0.311 e. The number of unbranched alkanes of at least 4 members (excludes halogenated alkanes) is 2. The number of hydrogen-bond donors (Lipinski definition) is 0. The number of benzene rings is 1. The van der Waals surface area contributed by atoms with Crippen molar-refractivity contribution in [2.45, 2.75) is 97.5 Å². The second-order valence-corrected chi connectivity index (χ2v) is 12.8. The van der Waals surface area contributed by atoms with E-state index >= 15 is 0 Å². The van der Waals surface area contributed by atoms with Gasteiger partial charge in [-0.2, -0.15) is 0 Å². The second-order valence-electron chi connectivity index (χ2n) is 12.8. The number of aryl methyl sites for hydroxylation is 1. The van der Waals surface area contributed by atoms with Crippen molar-refractivity contribution in [1.29, 1.82) is 0 Å². The highest BCUT2D eigenvalue weighted by atomic mass is 35.5. The largest absolute Gasteiger partial charge is 0.481 e. The predicted octanol–water partition coefficient (Wildman–Crippen LogP) is 7.30. The van der Waals surface area contributed by atoms with Crippen LogP contribution in [-0.4, -0.2) is 67.3 Å². The summed E-state index contributed by atoms with van der Waals surface area (Å²) in [6.45, 7) is 15.6. The van der Waals surface area contributed by atoms with Crippen molar-refractivity contribution in [1.82, 2.24) is 9.80 Å². The number of rotatable bonds is 12. The Bertz CT molecular complexity index is 1050. The second kappa shape index (κ2) is 15.3. The lowest BCUT2D eigenvalue weighted by molar-refractivity contribution is -0.134. The van der Waals surface area contributed by atoms with Gasteiger partial charge in [0.15, 0.2) is 0 Å². The number of carbonyl (C=O) groups excluding carboxylic acids is 1. The lowest BCUT2D eigenvalue weighted by atomic mass is 9.74. The lowest BCUT2D eigenvalue weighted by Gasteiger charge is -2.51. The predicted molar refractivity (Wildman–Crippen MR) is 171 cm³/mol. The molecule has 1 aromatic rings. The van der Waals surface area contributed by atoms with Crippen LogP contribution in [0.25, 0.3) is 5.57 Å². The van der Waals surface area contributed by atoms with Crippen molar-refractivity contribution in [3.8, 4) is 11.5 Å². The molecule has 8 heteroatoms. The molecule has 232 valence electrons. The average Bonchev–Trinajstić information content (AvgIpc) is 2.92. The number of nitrogens with zero attached hydrogens (tertiary/aromatic N) is 2. The zero-order valence-electron chi connectivity index (χ0n) is 25.7. The monoisotopic (exact) mass is 610 g/mol. The molecule has 0 N–H and O–H groups in total. The van der Waals surface area contributed by atoms with Crippen molar-refractivity contribution in [3.05, 3.63) is 29.0 Å². The molecule has 2 bridgehead atoms. The fourth-order valence-corrected chi connectivity index (χ4v) is 7.07. The molecule has 0 aliphatic carbocycles. The van der Waals surface area contributed by atoms with Crippen LogP contribution in [-0.2, 0) is 16.0 Å². The number of allylic oxidation sites excluding steroid dienone is 1. The highest BCUT2D eigenvalue weighted by molar-refractivity contribution is 5.86. The molecular weight excluding hydrogens is 559 g/mol. The summed E-state index contributed by atoms with van der Waals surface area (Å²) in [7, 11) is 0. The van der Waals surface area contributed by atoms with Crippen molar-refractivity contribution >= 4 is 36.4 Å². The van der Waals surface area contributed by atoms with E-state index < -0.39 is 0 Å². The minimum atomic E-state index is -0.382. The maximum absolute atomic E-state index is 13.2. The summed E-state index contributed by atoms with van der Waals surface area (Å²) in [6, 6.07) is 4.40. The van der Waals surface area contributed by atoms with Crippen molar-refractivity contribution in [3.63, 3.8) is 0 Å². The van der Waals surface area contributed by atoms with E-state index in [1.54, 1.807) is 0 Å². The molecular formula is C33H52Cl2N2O4. The molecule has 5 heterocycles. The van der Waals surface area contributed by atoms with Crippen LogP contribution in [0.15, 0.2) is 17.8 Å². The Labute approximate surface area is 260 Å². The van der Waals surface area contributed by atoms with Crippen LogP contribution in [0.2, 0.25) is 0 Å². The molecule has 0 amide bonds. The first-order chi connectivity index (χ1) is 18.9. The van der Waals surface area contributed by atoms with E-state index in [0.717, 1.165) is 89.4 Å². The average molecular weight is 612 g/mol. The third kappa shape index (κ3) is 8.13. The van der Waals surface area contributed by atoms with Crippen LogP contribution in [0.1, 0.15) is 96.6 Å². The first kappa shape index (κ1) is 34.0. The Balaban J connectivity index is 0.00000231. The Hall–Kier alpha value is -1.47. The van der Waals surface area contributed by atoms with Gasteiger partial charge in [0.25, 0.3) is 0 Å². The Morgan fingerprint density at radius 1 is 1.05 bits per heavy atom. The molecule has 5 aliphatic rings. The maximum Gasteiger partial charge on any atom is 0.311 e. The highest BCUT2D eigenvalue weighted by Crippen LogP contribution is 2.54. The SMILES string of the molecule is CCCCCC(C)CCc1cc(OC(=O)CCCN2CCOCC2)c2c(c1)OC(C)(C)C1=C2C2CCN1CC2.Cl.Cl. The molecule has 41 heavy (non-hydrogen) atoms. The van der Waals surface area contributed by atoms with E-state index in [1.807, 2.05) is 0 Å². The van der Waals surface area contributed by atoms with E-state index in [2.05, 4.69) is 49.6 Å². The van der Waals surface area contributed by atoms with Crippen LogP contribution >= 0.6 is 24.8 Å². The van der Waals surface area contributed by atoms with E-state index in [1.165, 1.54) is 42.5 Å². The third-order valence-corrected chi connectivity index (χ3v) is 9.21. The number of morpholine rings is 1. The van der Waals surface area contributed by atoms with Gasteiger partial charge < -0.3 is 19.1 Å². The van der Waals surface area contributed by atoms with Gasteiger partial charge in [-0.05, 0) is 87.6 Å². The Morgan fingerprint density at radius 2 is 1.78 bits per heavy atom. The molecule has 0 saturated carbocycles. The molecule has 0 spiro atoms. The summed E-state index contributed by atoms with van der Waals surface area (Å²) in [5, 5.41) is 0. The number of carbonyl (C=O) groups is 1. The number of hydrogen-bond acceptors (Lipinski definition) is 6. The molecule has 5 aliphatic heterocycles. The molecule has 1 aromatic carbocycles. The van der Waals surface area contributed by atoms with Gasteiger partial charge in [0, 0.05) is 32.6 Å². The number of esters is 1. The minimum absolute atomic E-state index is 0. The van der Waals surface area contributed by atoms with Crippen LogP contribution in [0.4, 0.5) is 0 Å².